The van der Waals surface area contributed by atoms with Gasteiger partial charge in [-0.1, -0.05) is 0 Å². The van der Waals surface area contributed by atoms with Crippen molar-refractivity contribution in [1.82, 2.24) is 0 Å². The van der Waals surface area contributed by atoms with E-state index in [0.29, 0.717) is 6.61 Å². The fourth-order valence-corrected chi connectivity index (χ4v) is 1.72. The zero-order chi connectivity index (χ0) is 8.69. The number of hydrogen-bond acceptors (Lipinski definition) is 3. The predicted octanol–water partition coefficient (Wildman–Crippen LogP) is 2.02. The van der Waals surface area contributed by atoms with Crippen LogP contribution in [0, 0.1) is 0 Å². The van der Waals surface area contributed by atoms with Gasteiger partial charge >= 0.3 is 74.9 Å². The monoisotopic (exact) mass is 196 g/mol. The molecule has 0 saturated carbocycles. The molecular formula is C7H16O3Ti. The average molecular weight is 196 g/mol. The number of rotatable bonds is 6. The Morgan fingerprint density at radius 1 is 1.45 bits per heavy atom. The fourth-order valence-electron chi connectivity index (χ4n) is 0.526. The van der Waals surface area contributed by atoms with Crippen molar-refractivity contribution in [3.05, 3.63) is 0 Å². The van der Waals surface area contributed by atoms with Crippen LogP contribution in [0.15, 0.2) is 0 Å². The van der Waals surface area contributed by atoms with Crippen LogP contribution in [0.25, 0.3) is 0 Å². The van der Waals surface area contributed by atoms with E-state index in [9.17, 15) is 3.32 Å². The third-order valence-corrected chi connectivity index (χ3v) is 2.77. The van der Waals surface area contributed by atoms with Crippen LogP contribution in [0.5, 0.6) is 0 Å². The SMILES string of the molecule is CCCC[O][Ti](=[O])[O]C(C)C. The summed E-state index contributed by atoms with van der Waals surface area (Å²) in [5.41, 5.74) is 0. The van der Waals surface area contributed by atoms with E-state index in [0.717, 1.165) is 12.8 Å². The summed E-state index contributed by atoms with van der Waals surface area (Å²) in [4.78, 5) is 0. The van der Waals surface area contributed by atoms with Crippen molar-refractivity contribution < 1.29 is 28.6 Å². The summed E-state index contributed by atoms with van der Waals surface area (Å²) in [6.07, 6.45) is 2.04. The fraction of sp³-hybridized carbons (Fsp3) is 1.00. The Balaban J connectivity index is 3.23. The molecule has 0 N–H and O–H groups in total. The van der Waals surface area contributed by atoms with Crippen molar-refractivity contribution in [1.29, 1.82) is 0 Å². The van der Waals surface area contributed by atoms with Crippen molar-refractivity contribution >= 4 is 0 Å². The van der Waals surface area contributed by atoms with Gasteiger partial charge < -0.3 is 0 Å². The zero-order valence-electron chi connectivity index (χ0n) is 7.42. The molecule has 0 atom stereocenters. The summed E-state index contributed by atoms with van der Waals surface area (Å²) in [7, 11) is 0. The molecule has 0 aromatic carbocycles. The van der Waals surface area contributed by atoms with Gasteiger partial charge in [0.15, 0.2) is 0 Å². The Labute approximate surface area is 75.2 Å². The van der Waals surface area contributed by atoms with Crippen molar-refractivity contribution in [3.63, 3.8) is 0 Å². The Hall–Kier alpha value is 0.434. The van der Waals surface area contributed by atoms with Crippen LogP contribution in [0.1, 0.15) is 33.6 Å². The molecule has 4 heteroatoms. The van der Waals surface area contributed by atoms with Gasteiger partial charge in [0.25, 0.3) is 0 Å². The van der Waals surface area contributed by atoms with Crippen molar-refractivity contribution in [2.24, 2.45) is 0 Å². The van der Waals surface area contributed by atoms with Crippen LogP contribution >= 0.6 is 0 Å². The van der Waals surface area contributed by atoms with E-state index in [-0.39, 0.29) is 6.10 Å². The normalized spacial score (nSPS) is 10.5. The molecule has 66 valence electrons. The second-order valence-electron chi connectivity index (χ2n) is 2.62. The maximum atomic E-state index is 10.9. The van der Waals surface area contributed by atoms with E-state index in [4.69, 9.17) is 6.64 Å². The Kier molecular flexibility index (Phi) is 7.38. The molecule has 0 aromatic rings. The molecule has 0 spiro atoms. The van der Waals surface area contributed by atoms with Crippen molar-refractivity contribution in [2.75, 3.05) is 6.61 Å². The molecule has 0 aliphatic heterocycles. The van der Waals surface area contributed by atoms with E-state index in [1.54, 1.807) is 0 Å². The van der Waals surface area contributed by atoms with Crippen LogP contribution in [0.3, 0.4) is 0 Å². The maximum absolute atomic E-state index is 10.9. The summed E-state index contributed by atoms with van der Waals surface area (Å²) < 4.78 is 20.9. The second-order valence-corrected chi connectivity index (χ2v) is 4.22. The molecule has 0 aliphatic carbocycles. The molecule has 0 aliphatic rings. The van der Waals surface area contributed by atoms with Gasteiger partial charge in [-0.3, -0.25) is 0 Å². The quantitative estimate of drug-likeness (QED) is 0.481. The van der Waals surface area contributed by atoms with Gasteiger partial charge in [-0.15, -0.1) is 0 Å². The predicted molar refractivity (Wildman–Crippen MR) is 37.8 cm³/mol. The Morgan fingerprint density at radius 2 is 2.09 bits per heavy atom. The first-order valence-electron chi connectivity index (χ1n) is 4.00. The van der Waals surface area contributed by atoms with Gasteiger partial charge in [0, 0.05) is 0 Å². The van der Waals surface area contributed by atoms with E-state index >= 15 is 0 Å². The minimum atomic E-state index is -2.79. The van der Waals surface area contributed by atoms with E-state index < -0.39 is 18.6 Å². The molecular weight excluding hydrogens is 180 g/mol. The first-order valence-corrected chi connectivity index (χ1v) is 5.91. The summed E-state index contributed by atoms with van der Waals surface area (Å²) in [5.74, 6) is 0. The molecule has 0 amide bonds. The molecule has 0 rings (SSSR count). The Morgan fingerprint density at radius 3 is 2.55 bits per heavy atom. The standard InChI is InChI=1S/C4H9O.C3H7O.O.Ti/c1-2-3-4-5;1-3(2)4;;/h2-4H2,1H3;3H,1-2H3;;/q2*-1;;+2. The molecule has 0 fully saturated rings. The van der Waals surface area contributed by atoms with Gasteiger partial charge in [-0.2, -0.15) is 0 Å². The van der Waals surface area contributed by atoms with E-state index in [2.05, 4.69) is 6.92 Å². The van der Waals surface area contributed by atoms with Crippen LogP contribution in [-0.2, 0) is 28.6 Å². The van der Waals surface area contributed by atoms with Gasteiger partial charge in [0.1, 0.15) is 0 Å². The summed E-state index contributed by atoms with van der Waals surface area (Å²) >= 11 is -2.79. The second kappa shape index (κ2) is 7.10. The van der Waals surface area contributed by atoms with Crippen LogP contribution < -0.4 is 0 Å². The topological polar surface area (TPSA) is 35.5 Å². The molecule has 0 radical (unpaired) electrons. The van der Waals surface area contributed by atoms with Gasteiger partial charge in [-0.25, -0.2) is 0 Å². The van der Waals surface area contributed by atoms with Crippen LogP contribution in [-0.4, -0.2) is 12.7 Å². The summed E-state index contributed by atoms with van der Waals surface area (Å²) in [6, 6.07) is 0. The molecule has 0 heterocycles. The van der Waals surface area contributed by atoms with Crippen molar-refractivity contribution in [2.45, 2.75) is 39.7 Å². The van der Waals surface area contributed by atoms with E-state index in [1.165, 1.54) is 0 Å². The van der Waals surface area contributed by atoms with Gasteiger partial charge in [0.05, 0.1) is 0 Å². The summed E-state index contributed by atoms with van der Waals surface area (Å²) in [5, 5.41) is 0. The first kappa shape index (κ1) is 11.4. The Bertz CT molecular complexity index is 114. The van der Waals surface area contributed by atoms with E-state index in [1.807, 2.05) is 13.8 Å². The minimum absolute atomic E-state index is 0.0177. The molecule has 0 bridgehead atoms. The van der Waals surface area contributed by atoms with Gasteiger partial charge in [0.2, 0.25) is 0 Å². The van der Waals surface area contributed by atoms with Crippen LogP contribution in [0.2, 0.25) is 0 Å². The first-order chi connectivity index (χ1) is 5.16. The molecule has 0 aromatic heterocycles. The average Bonchev–Trinajstić information content (AvgIpc) is 1.86. The number of unbranched alkanes of at least 4 members (excludes halogenated alkanes) is 1. The third-order valence-electron chi connectivity index (χ3n) is 1.05. The van der Waals surface area contributed by atoms with Crippen LogP contribution in [0.4, 0.5) is 0 Å². The summed E-state index contributed by atoms with van der Waals surface area (Å²) in [6.45, 7) is 6.35. The molecule has 11 heavy (non-hydrogen) atoms. The number of hydrogen-bond donors (Lipinski definition) is 0. The zero-order valence-corrected chi connectivity index (χ0v) is 8.98. The third kappa shape index (κ3) is 8.34. The van der Waals surface area contributed by atoms with Gasteiger partial charge in [-0.05, 0) is 0 Å². The molecule has 0 saturated heterocycles. The van der Waals surface area contributed by atoms with Crippen molar-refractivity contribution in [3.8, 4) is 0 Å². The molecule has 3 nitrogen and oxygen atoms in total. The molecule has 0 unspecified atom stereocenters.